The number of carbonyl (C=O) groups excluding carboxylic acids is 5. The first-order valence-corrected chi connectivity index (χ1v) is 16.4. The number of anilines is 1. The van der Waals surface area contributed by atoms with Crippen LogP contribution >= 0.6 is 0 Å². The number of carbonyl (C=O) groups is 5. The van der Waals surface area contributed by atoms with Crippen molar-refractivity contribution in [2.75, 3.05) is 25.0 Å². The largest absolute Gasteiger partial charge is 0.370 e. The molecule has 13 N–H and O–H groups in total. The highest BCUT2D eigenvalue weighted by Gasteiger charge is 2.31. The van der Waals surface area contributed by atoms with E-state index in [1.165, 1.54) is 31.2 Å². The molecule has 18 heteroatoms. The van der Waals surface area contributed by atoms with E-state index in [2.05, 4.69) is 31.6 Å². The van der Waals surface area contributed by atoms with Crippen molar-refractivity contribution < 1.29 is 28.9 Å². The lowest BCUT2D eigenvalue weighted by molar-refractivity contribution is -0.384. The summed E-state index contributed by atoms with van der Waals surface area (Å²) in [6, 6.07) is 1.03. The van der Waals surface area contributed by atoms with E-state index < -0.39 is 58.6 Å². The lowest BCUT2D eigenvalue weighted by Crippen LogP contribution is -2.58. The Morgan fingerprint density at radius 2 is 1.22 bits per heavy atom. The zero-order valence-corrected chi connectivity index (χ0v) is 28.5. The summed E-state index contributed by atoms with van der Waals surface area (Å²) in [6.07, 6.45) is 2.52. The fraction of sp³-hybridized carbons (Fsp3) is 0.613. The second kappa shape index (κ2) is 22.7. The van der Waals surface area contributed by atoms with Crippen LogP contribution in [0.1, 0.15) is 72.1 Å². The quantitative estimate of drug-likeness (QED) is 0.0231. The molecule has 0 aliphatic heterocycles. The maximum Gasteiger partial charge on any atom is 0.269 e. The number of nitrogens with two attached hydrogens (primary N) is 4. The van der Waals surface area contributed by atoms with Gasteiger partial charge in [-0.25, -0.2) is 0 Å². The first kappa shape index (κ1) is 42.2. The van der Waals surface area contributed by atoms with Crippen molar-refractivity contribution in [3.05, 3.63) is 34.4 Å². The normalized spacial score (nSPS) is 13.3. The number of benzene rings is 1. The molecule has 4 atom stereocenters. The monoisotopic (exact) mass is 691 g/mol. The number of nitro groups is 1. The van der Waals surface area contributed by atoms with Gasteiger partial charge >= 0.3 is 0 Å². The lowest BCUT2D eigenvalue weighted by Gasteiger charge is -2.27. The van der Waals surface area contributed by atoms with Crippen molar-refractivity contribution in [3.8, 4) is 0 Å². The number of rotatable bonds is 23. The van der Waals surface area contributed by atoms with E-state index in [1.54, 1.807) is 0 Å². The minimum atomic E-state index is -1.11. The summed E-state index contributed by atoms with van der Waals surface area (Å²) in [4.78, 5) is 79.9. The molecule has 1 aromatic carbocycles. The molecule has 5 amide bonds. The van der Waals surface area contributed by atoms with Gasteiger partial charge in [-0.3, -0.25) is 39.1 Å². The standard InChI is InChI=1S/C31H53N11O7/c1-19(2)18-26(37-20(3)43)30(47)41-24(9-6-16-33)29(46)39-23(8-4-5-15-32)28(45)40-25(10-7-17-36-31(34)35)27(44)38-21-11-13-22(14-12-21)42(48)49/h11-14,19,23-26H,4-10,15-18,32-33H2,1-3H3,(H,37,43)(H,38,44)(H,39,46)(H,40,45)(H,41,47)(H4,34,35,36)/t23-,24-,25-,26-/m0/s1. The van der Waals surface area contributed by atoms with Crippen LogP contribution in [-0.2, 0) is 24.0 Å². The number of amides is 5. The molecule has 1 aromatic rings. The predicted octanol–water partition coefficient (Wildman–Crippen LogP) is -0.540. The summed E-state index contributed by atoms with van der Waals surface area (Å²) in [6.45, 7) is 5.85. The number of hydrogen-bond acceptors (Lipinski definition) is 10. The number of nitro benzene ring substituents is 1. The van der Waals surface area contributed by atoms with Crippen LogP contribution < -0.4 is 49.5 Å². The third kappa shape index (κ3) is 17.2. The zero-order chi connectivity index (χ0) is 36.9. The molecule has 18 nitrogen and oxygen atoms in total. The van der Waals surface area contributed by atoms with Crippen molar-refractivity contribution in [1.82, 2.24) is 21.3 Å². The lowest BCUT2D eigenvalue weighted by atomic mass is 10.0. The molecule has 0 heterocycles. The molecule has 0 unspecified atom stereocenters. The molecule has 0 aliphatic rings. The molecule has 0 radical (unpaired) electrons. The van der Waals surface area contributed by atoms with Gasteiger partial charge in [-0.2, -0.15) is 0 Å². The Kier molecular flexibility index (Phi) is 19.5. The summed E-state index contributed by atoms with van der Waals surface area (Å²) in [5, 5.41) is 24.4. The number of nitrogens with zero attached hydrogens (tertiary/aromatic N) is 2. The van der Waals surface area contributed by atoms with Gasteiger partial charge in [0.05, 0.1) is 4.92 Å². The van der Waals surface area contributed by atoms with Gasteiger partial charge in [0.2, 0.25) is 29.5 Å². The van der Waals surface area contributed by atoms with Gasteiger partial charge in [0.15, 0.2) is 5.96 Å². The summed E-state index contributed by atoms with van der Waals surface area (Å²) in [5.74, 6) is -2.92. The summed E-state index contributed by atoms with van der Waals surface area (Å²) in [7, 11) is 0. The number of unbranched alkanes of at least 4 members (excludes halogenated alkanes) is 1. The first-order chi connectivity index (χ1) is 23.2. The Hall–Kier alpha value is -4.84. The Bertz CT molecular complexity index is 1270. The average Bonchev–Trinajstić information content (AvgIpc) is 3.03. The number of nitrogens with one attached hydrogen (secondary N) is 5. The fourth-order valence-electron chi connectivity index (χ4n) is 4.79. The number of non-ortho nitro benzene ring substituents is 1. The van der Waals surface area contributed by atoms with Crippen LogP contribution in [-0.4, -0.2) is 84.2 Å². The smallest absolute Gasteiger partial charge is 0.269 e. The molecule has 0 aliphatic carbocycles. The number of aliphatic imine (C=N–C) groups is 1. The molecule has 1 rings (SSSR count). The summed E-state index contributed by atoms with van der Waals surface area (Å²) in [5.41, 5.74) is 22.3. The second-order valence-corrected chi connectivity index (χ2v) is 12.0. The molecular weight excluding hydrogens is 638 g/mol. The third-order valence-corrected chi connectivity index (χ3v) is 7.23. The van der Waals surface area contributed by atoms with Gasteiger partial charge in [0.25, 0.3) is 5.69 Å². The van der Waals surface area contributed by atoms with Crippen LogP contribution in [0.3, 0.4) is 0 Å². The van der Waals surface area contributed by atoms with Crippen LogP contribution in [0.25, 0.3) is 0 Å². The van der Waals surface area contributed by atoms with Crippen LogP contribution in [0.5, 0.6) is 0 Å². The zero-order valence-electron chi connectivity index (χ0n) is 28.5. The highest BCUT2D eigenvalue weighted by molar-refractivity contribution is 5.99. The predicted molar refractivity (Wildman–Crippen MR) is 186 cm³/mol. The maximum atomic E-state index is 13.7. The molecule has 274 valence electrons. The topological polar surface area (TPSA) is 305 Å². The van der Waals surface area contributed by atoms with Crippen molar-refractivity contribution in [3.63, 3.8) is 0 Å². The van der Waals surface area contributed by atoms with Gasteiger partial charge < -0.3 is 49.5 Å². The molecule has 0 fully saturated rings. The Morgan fingerprint density at radius 3 is 1.69 bits per heavy atom. The summed E-state index contributed by atoms with van der Waals surface area (Å²) < 4.78 is 0. The van der Waals surface area contributed by atoms with Crippen LogP contribution in [0.2, 0.25) is 0 Å². The van der Waals surface area contributed by atoms with Gasteiger partial charge in [-0.15, -0.1) is 0 Å². The van der Waals surface area contributed by atoms with Gasteiger partial charge in [-0.05, 0) is 82.5 Å². The van der Waals surface area contributed by atoms with Crippen molar-refractivity contribution in [1.29, 1.82) is 0 Å². The number of guanidine groups is 1. The van der Waals surface area contributed by atoms with Gasteiger partial charge in [-0.1, -0.05) is 13.8 Å². The van der Waals surface area contributed by atoms with Crippen LogP contribution in [0.15, 0.2) is 29.3 Å². The minimum absolute atomic E-state index is 0.0690. The SMILES string of the molecule is CC(=O)N[C@@H](CC(C)C)C(=O)N[C@@H](CCCN)C(=O)N[C@@H](CCCCN)C(=O)N[C@@H](CCCN=C(N)N)C(=O)Nc1ccc([N+](=O)[O-])cc1. The highest BCUT2D eigenvalue weighted by Crippen LogP contribution is 2.16. The van der Waals surface area contributed by atoms with E-state index in [4.69, 9.17) is 22.9 Å². The first-order valence-electron chi connectivity index (χ1n) is 16.4. The van der Waals surface area contributed by atoms with Crippen LogP contribution in [0, 0.1) is 16.0 Å². The minimum Gasteiger partial charge on any atom is -0.370 e. The highest BCUT2D eigenvalue weighted by atomic mass is 16.6. The van der Waals surface area contributed by atoms with E-state index in [1.807, 2.05) is 13.8 Å². The Morgan fingerprint density at radius 1 is 0.735 bits per heavy atom. The average molecular weight is 692 g/mol. The van der Waals surface area contributed by atoms with Crippen molar-refractivity contribution >= 4 is 46.9 Å². The Balaban J connectivity index is 3.23. The van der Waals surface area contributed by atoms with Gasteiger partial charge in [0, 0.05) is 31.3 Å². The van der Waals surface area contributed by atoms with Crippen molar-refractivity contribution in [2.45, 2.75) is 96.3 Å². The van der Waals surface area contributed by atoms with Crippen LogP contribution in [0.4, 0.5) is 11.4 Å². The third-order valence-electron chi connectivity index (χ3n) is 7.23. The van der Waals surface area contributed by atoms with E-state index in [0.29, 0.717) is 38.6 Å². The molecule has 0 bridgehead atoms. The maximum absolute atomic E-state index is 13.7. The summed E-state index contributed by atoms with van der Waals surface area (Å²) >= 11 is 0. The van der Waals surface area contributed by atoms with E-state index in [0.717, 1.165) is 0 Å². The van der Waals surface area contributed by atoms with E-state index >= 15 is 0 Å². The Labute approximate surface area is 286 Å². The fourth-order valence-corrected chi connectivity index (χ4v) is 4.79. The second-order valence-electron chi connectivity index (χ2n) is 12.0. The molecule has 0 spiro atoms. The molecular formula is C31H53N11O7. The molecule has 0 saturated heterocycles. The van der Waals surface area contributed by atoms with E-state index in [9.17, 15) is 34.1 Å². The van der Waals surface area contributed by atoms with E-state index in [-0.39, 0.29) is 55.6 Å². The molecule has 0 aromatic heterocycles. The molecule has 0 saturated carbocycles. The van der Waals surface area contributed by atoms with Crippen molar-refractivity contribution in [2.24, 2.45) is 33.8 Å². The molecule has 49 heavy (non-hydrogen) atoms. The number of hydrogen-bond donors (Lipinski definition) is 9. The van der Waals surface area contributed by atoms with Gasteiger partial charge in [0.1, 0.15) is 24.2 Å².